The van der Waals surface area contributed by atoms with E-state index in [2.05, 4.69) is 20.5 Å². The Morgan fingerprint density at radius 2 is 1.51 bits per heavy atom. The number of carbonyl (C=O) groups excluding carboxylic acids is 2. The van der Waals surface area contributed by atoms with Crippen molar-refractivity contribution in [3.63, 3.8) is 0 Å². The fraction of sp³-hybridized carbons (Fsp3) is 0.156. The normalized spacial score (nSPS) is 9.63. The molecule has 208 valence electrons. The number of carbonyl (C=O) groups is 2. The van der Waals surface area contributed by atoms with Crippen molar-refractivity contribution in [1.82, 2.24) is 4.98 Å². The molecule has 41 heavy (non-hydrogen) atoms. The Morgan fingerprint density at radius 1 is 0.927 bits per heavy atom. The zero-order chi connectivity index (χ0) is 29.2. The standard InChI is InChI=1S/C30H25FN4O2.C2H3N.Pd/c1-5-21-22(23-9-6-7-10-25(23)32-4)13-14-24(31)28(21)35-30(37)27-12-8-11-26(34-27)29(36)33-20-16-18(2)15-19(3)17-20;1-2-3;/h6-17H,5H2,1-3H3,(H2,33,35,36,37);1H3;/q;;+2/p-2. The molecule has 9 heteroatoms. The minimum absolute atomic E-state index is 0. The second-order valence-electron chi connectivity index (χ2n) is 8.72. The molecule has 7 nitrogen and oxygen atoms in total. The van der Waals surface area contributed by atoms with Gasteiger partial charge in [-0.2, -0.15) is 5.26 Å². The predicted octanol–water partition coefficient (Wildman–Crippen LogP) is 8.84. The number of amides is 2. The van der Waals surface area contributed by atoms with Gasteiger partial charge in [-0.15, -0.1) is 5.69 Å². The van der Waals surface area contributed by atoms with E-state index >= 15 is 0 Å². The number of rotatable bonds is 6. The Hall–Kier alpha value is -4.68. The quantitative estimate of drug-likeness (QED) is 0.156. The molecule has 4 aromatic rings. The first-order valence-electron chi connectivity index (χ1n) is 12.4. The summed E-state index contributed by atoms with van der Waals surface area (Å²) in [5.74, 6) is -2.05. The molecule has 0 aliphatic carbocycles. The molecule has 1 aromatic heterocycles. The summed E-state index contributed by atoms with van der Waals surface area (Å²) in [6, 6.07) is 21.5. The molecule has 1 heterocycles. The van der Waals surface area contributed by atoms with Gasteiger partial charge in [-0.05, 0) is 49.6 Å². The van der Waals surface area contributed by atoms with Crippen LogP contribution < -0.4 is 0 Å². The second kappa shape index (κ2) is 15.2. The van der Waals surface area contributed by atoms with Crippen LogP contribution in [0.2, 0.25) is 0 Å². The number of para-hydroxylation sites is 1. The van der Waals surface area contributed by atoms with Gasteiger partial charge in [0.1, 0.15) is 17.6 Å². The average molecular weight is 638 g/mol. The molecule has 0 radical (unpaired) electrons. The Labute approximate surface area is 252 Å². The van der Waals surface area contributed by atoms with Gasteiger partial charge in [0.15, 0.2) is 5.69 Å². The summed E-state index contributed by atoms with van der Waals surface area (Å²) in [4.78, 5) is 33.5. The van der Waals surface area contributed by atoms with E-state index in [1.165, 1.54) is 31.2 Å². The van der Waals surface area contributed by atoms with Crippen LogP contribution in [-0.4, -0.2) is 16.8 Å². The van der Waals surface area contributed by atoms with Gasteiger partial charge < -0.3 is 20.2 Å². The van der Waals surface area contributed by atoms with Crippen LogP contribution in [0.15, 0.2) is 72.8 Å². The number of nitrogens with zero attached hydrogens (tertiary/aromatic N) is 5. The van der Waals surface area contributed by atoms with Gasteiger partial charge in [-0.1, -0.05) is 83.9 Å². The zero-order valence-electron chi connectivity index (χ0n) is 22.9. The number of halogens is 1. The first kappa shape index (κ1) is 32.5. The van der Waals surface area contributed by atoms with Gasteiger partial charge in [0, 0.05) is 6.92 Å². The van der Waals surface area contributed by atoms with Crippen molar-refractivity contribution in [2.45, 2.75) is 34.1 Å². The van der Waals surface area contributed by atoms with Crippen molar-refractivity contribution in [3.8, 4) is 17.2 Å². The fourth-order valence-corrected chi connectivity index (χ4v) is 4.16. The topological polar surface area (TPSA) is 103 Å². The summed E-state index contributed by atoms with van der Waals surface area (Å²) in [5.41, 5.74) is 4.40. The third kappa shape index (κ3) is 8.16. The van der Waals surface area contributed by atoms with Crippen LogP contribution in [0.25, 0.3) is 26.6 Å². The second-order valence-corrected chi connectivity index (χ2v) is 8.72. The Balaban J connectivity index is 0.00000141. The molecule has 0 N–H and O–H groups in total. The number of pyridine rings is 1. The largest absolute Gasteiger partial charge is 2.00 e. The Morgan fingerprint density at radius 3 is 2.10 bits per heavy atom. The number of aromatic nitrogens is 1. The number of benzene rings is 3. The van der Waals surface area contributed by atoms with Gasteiger partial charge in [0.25, 0.3) is 0 Å². The third-order valence-corrected chi connectivity index (χ3v) is 5.74. The number of hydrogen-bond donors (Lipinski definition) is 0. The van der Waals surface area contributed by atoms with E-state index in [1.54, 1.807) is 48.5 Å². The van der Waals surface area contributed by atoms with Gasteiger partial charge in [-0.3, -0.25) is 0 Å². The molecule has 4 rings (SSSR count). The third-order valence-electron chi connectivity index (χ3n) is 5.74. The fourth-order valence-electron chi connectivity index (χ4n) is 4.16. The molecule has 0 spiro atoms. The van der Waals surface area contributed by atoms with Crippen molar-refractivity contribution >= 4 is 28.9 Å². The molecular formula is C32H26FN5O2Pd. The van der Waals surface area contributed by atoms with Gasteiger partial charge >= 0.3 is 20.4 Å². The molecule has 0 aliphatic rings. The van der Waals surface area contributed by atoms with Gasteiger partial charge in [0.2, 0.25) is 0 Å². The van der Waals surface area contributed by atoms with Crippen LogP contribution >= 0.6 is 0 Å². The molecule has 0 atom stereocenters. The molecule has 3 aromatic carbocycles. The molecule has 0 saturated carbocycles. The molecule has 0 bridgehead atoms. The van der Waals surface area contributed by atoms with Crippen molar-refractivity contribution in [1.29, 1.82) is 5.26 Å². The monoisotopic (exact) mass is 637 g/mol. The summed E-state index contributed by atoms with van der Waals surface area (Å²) in [5, 5.41) is 15.5. The van der Waals surface area contributed by atoms with Crippen LogP contribution in [0.4, 0.5) is 21.5 Å². The maximum Gasteiger partial charge on any atom is 2.00 e. The van der Waals surface area contributed by atoms with Gasteiger partial charge in [0.05, 0.1) is 24.0 Å². The number of nitriles is 1. The Kier molecular flexibility index (Phi) is 12.1. The van der Waals surface area contributed by atoms with Crippen LogP contribution in [0.1, 0.15) is 51.5 Å². The van der Waals surface area contributed by atoms with E-state index in [1.807, 2.05) is 26.8 Å². The summed E-state index contributed by atoms with van der Waals surface area (Å²) in [6.07, 6.45) is 0.381. The van der Waals surface area contributed by atoms with Crippen molar-refractivity contribution in [3.05, 3.63) is 129 Å². The van der Waals surface area contributed by atoms with E-state index < -0.39 is 17.6 Å². The minimum Gasteiger partial charge on any atom is -0.621 e. The molecule has 0 fully saturated rings. The van der Waals surface area contributed by atoms with Crippen molar-refractivity contribution in [2.75, 3.05) is 0 Å². The van der Waals surface area contributed by atoms with E-state index in [4.69, 9.17) is 11.8 Å². The van der Waals surface area contributed by atoms with Gasteiger partial charge in [-0.25, -0.2) is 14.2 Å². The van der Waals surface area contributed by atoms with Crippen LogP contribution in [0, 0.1) is 37.6 Å². The summed E-state index contributed by atoms with van der Waals surface area (Å²) in [6.45, 7) is 14.5. The van der Waals surface area contributed by atoms with E-state index in [0.29, 0.717) is 34.5 Å². The average Bonchev–Trinajstić information content (AvgIpc) is 2.94. The van der Waals surface area contributed by atoms with E-state index in [9.17, 15) is 14.0 Å². The number of aryl methyl sites for hydroxylation is 2. The van der Waals surface area contributed by atoms with Crippen molar-refractivity contribution in [2.24, 2.45) is 0 Å². The van der Waals surface area contributed by atoms with E-state index in [-0.39, 0.29) is 37.5 Å². The SMILES string of the molecule is CC#N.[C-]#[N+]c1ccccc1-c1ccc(F)c([N-]C(=O)c2cccc(C(=O)[N-]c3cc(C)cc(C)c3)n2)c1CC.[Pd+2]. The van der Waals surface area contributed by atoms with E-state index in [0.717, 1.165) is 11.1 Å². The maximum atomic E-state index is 14.9. The molecule has 0 unspecified atom stereocenters. The zero-order valence-corrected chi connectivity index (χ0v) is 24.4. The molecule has 2 amide bonds. The molecule has 0 saturated heterocycles. The smallest absolute Gasteiger partial charge is 0.621 e. The molecular weight excluding hydrogens is 612 g/mol. The first-order valence-corrected chi connectivity index (χ1v) is 12.4. The van der Waals surface area contributed by atoms with Crippen LogP contribution in [0.3, 0.4) is 0 Å². The van der Waals surface area contributed by atoms with Crippen LogP contribution in [0.5, 0.6) is 0 Å². The minimum atomic E-state index is -0.787. The van der Waals surface area contributed by atoms with Crippen LogP contribution in [-0.2, 0) is 26.8 Å². The van der Waals surface area contributed by atoms with Crippen molar-refractivity contribution < 1.29 is 34.4 Å². The summed E-state index contributed by atoms with van der Waals surface area (Å²) in [7, 11) is 0. The first-order chi connectivity index (χ1) is 19.2. The summed E-state index contributed by atoms with van der Waals surface area (Å²) < 4.78 is 14.9. The molecule has 0 aliphatic heterocycles. The predicted molar refractivity (Wildman–Crippen MR) is 154 cm³/mol. The number of hydrogen-bond acceptors (Lipinski definition) is 4. The Bertz CT molecular complexity index is 1640. The summed E-state index contributed by atoms with van der Waals surface area (Å²) >= 11 is 0. The maximum absolute atomic E-state index is 14.9.